The van der Waals surface area contributed by atoms with E-state index in [1.807, 2.05) is 25.3 Å². The van der Waals surface area contributed by atoms with Crippen molar-refractivity contribution in [3.8, 4) is 0 Å². The van der Waals surface area contributed by atoms with E-state index in [1.54, 1.807) is 12.3 Å². The minimum Gasteiger partial charge on any atom is -0.324 e. The second-order valence-corrected chi connectivity index (χ2v) is 6.28. The fourth-order valence-corrected chi connectivity index (χ4v) is 3.07. The molecule has 0 aliphatic carbocycles. The fraction of sp³-hybridized carbons (Fsp3) is 0.333. The lowest BCUT2D eigenvalue weighted by Crippen LogP contribution is -2.48. The maximum Gasteiger partial charge on any atom is 0.271 e. The van der Waals surface area contributed by atoms with E-state index in [2.05, 4.69) is 20.5 Å². The number of nitrogens with zero attached hydrogens (tertiary/aromatic N) is 3. The van der Waals surface area contributed by atoms with Gasteiger partial charge in [0.15, 0.2) is 0 Å². The van der Waals surface area contributed by atoms with E-state index in [-0.39, 0.29) is 36.6 Å². The Balaban J connectivity index is 0.00000261. The largest absolute Gasteiger partial charge is 0.324 e. The first-order valence-corrected chi connectivity index (χ1v) is 8.44. The highest BCUT2D eigenvalue weighted by Gasteiger charge is 2.26. The molecule has 1 unspecified atom stereocenters. The second-order valence-electron chi connectivity index (χ2n) is 6.28. The average molecular weight is 392 g/mol. The number of nitro benzene ring substituents is 1. The SMILES string of the molecule is Cc1ccc([N+](=O)[O-])cc1NC(=O)CN1CCNCC1c1cccnc1.Cl. The predicted octanol–water partition coefficient (Wildman–Crippen LogP) is 2.31. The molecule has 8 nitrogen and oxygen atoms in total. The van der Waals surface area contributed by atoms with Crippen molar-refractivity contribution < 1.29 is 9.72 Å². The summed E-state index contributed by atoms with van der Waals surface area (Å²) in [5.74, 6) is -0.190. The Bertz CT molecular complexity index is 803. The molecule has 27 heavy (non-hydrogen) atoms. The van der Waals surface area contributed by atoms with Crippen LogP contribution in [0.15, 0.2) is 42.7 Å². The van der Waals surface area contributed by atoms with E-state index in [4.69, 9.17) is 0 Å². The van der Waals surface area contributed by atoms with Crippen LogP contribution in [0.2, 0.25) is 0 Å². The van der Waals surface area contributed by atoms with Crippen molar-refractivity contribution >= 4 is 29.7 Å². The monoisotopic (exact) mass is 391 g/mol. The molecular weight excluding hydrogens is 370 g/mol. The zero-order valence-corrected chi connectivity index (χ0v) is 15.7. The number of aromatic nitrogens is 1. The van der Waals surface area contributed by atoms with Crippen molar-refractivity contribution in [2.75, 3.05) is 31.5 Å². The summed E-state index contributed by atoms with van der Waals surface area (Å²) in [6.07, 6.45) is 3.54. The molecule has 1 aliphatic heterocycles. The Labute approximate surface area is 163 Å². The third-order valence-corrected chi connectivity index (χ3v) is 4.48. The van der Waals surface area contributed by atoms with E-state index in [0.717, 1.165) is 30.8 Å². The minimum absolute atomic E-state index is 0. The number of amides is 1. The smallest absolute Gasteiger partial charge is 0.271 e. The molecule has 0 radical (unpaired) electrons. The standard InChI is InChI=1S/C18H21N5O3.ClH/c1-13-4-5-15(23(25)26)9-16(13)21-18(24)12-22-8-7-20-11-17(22)14-3-2-6-19-10-14;/h2-6,9-10,17,20H,7-8,11-12H2,1H3,(H,21,24);1H. The Kier molecular flexibility index (Phi) is 7.23. The molecule has 1 aliphatic rings. The summed E-state index contributed by atoms with van der Waals surface area (Å²) < 4.78 is 0. The number of anilines is 1. The molecule has 0 spiro atoms. The number of non-ortho nitro benzene ring substituents is 1. The molecule has 0 saturated carbocycles. The molecule has 1 fully saturated rings. The van der Waals surface area contributed by atoms with Gasteiger partial charge >= 0.3 is 0 Å². The quantitative estimate of drug-likeness (QED) is 0.599. The van der Waals surface area contributed by atoms with Crippen LogP contribution in [-0.2, 0) is 4.79 Å². The first-order chi connectivity index (χ1) is 12.5. The molecule has 1 amide bonds. The number of carbonyl (C=O) groups excluding carboxylic acids is 1. The Hall–Kier alpha value is -2.55. The molecule has 144 valence electrons. The van der Waals surface area contributed by atoms with Crippen LogP contribution in [0, 0.1) is 17.0 Å². The summed E-state index contributed by atoms with van der Waals surface area (Å²) >= 11 is 0. The molecule has 1 aromatic heterocycles. The Morgan fingerprint density at radius 3 is 2.96 bits per heavy atom. The first-order valence-electron chi connectivity index (χ1n) is 8.44. The van der Waals surface area contributed by atoms with Gasteiger partial charge in [0.05, 0.1) is 17.2 Å². The number of carbonyl (C=O) groups is 1. The number of pyridine rings is 1. The van der Waals surface area contributed by atoms with Gasteiger partial charge in [-0.25, -0.2) is 0 Å². The first kappa shape index (κ1) is 20.8. The van der Waals surface area contributed by atoms with Gasteiger partial charge in [-0.2, -0.15) is 0 Å². The van der Waals surface area contributed by atoms with Crippen molar-refractivity contribution in [1.29, 1.82) is 0 Å². The third-order valence-electron chi connectivity index (χ3n) is 4.48. The number of benzene rings is 1. The van der Waals surface area contributed by atoms with Gasteiger partial charge in [0.25, 0.3) is 5.69 Å². The zero-order chi connectivity index (χ0) is 18.5. The number of hydrogen-bond acceptors (Lipinski definition) is 6. The number of nitrogens with one attached hydrogen (secondary N) is 2. The Morgan fingerprint density at radius 1 is 1.44 bits per heavy atom. The van der Waals surface area contributed by atoms with Crippen LogP contribution >= 0.6 is 12.4 Å². The van der Waals surface area contributed by atoms with Crippen molar-refractivity contribution in [2.24, 2.45) is 0 Å². The van der Waals surface area contributed by atoms with Gasteiger partial charge in [-0.3, -0.25) is 24.8 Å². The van der Waals surface area contributed by atoms with E-state index < -0.39 is 4.92 Å². The van der Waals surface area contributed by atoms with Gasteiger partial charge in [0, 0.05) is 50.2 Å². The van der Waals surface area contributed by atoms with Crippen LogP contribution in [0.1, 0.15) is 17.2 Å². The number of hydrogen-bond donors (Lipinski definition) is 2. The van der Waals surface area contributed by atoms with Gasteiger partial charge in [-0.15, -0.1) is 12.4 Å². The molecule has 2 N–H and O–H groups in total. The van der Waals surface area contributed by atoms with Crippen molar-refractivity contribution in [1.82, 2.24) is 15.2 Å². The number of aryl methyl sites for hydroxylation is 1. The zero-order valence-electron chi connectivity index (χ0n) is 14.9. The van der Waals surface area contributed by atoms with Gasteiger partial charge < -0.3 is 10.6 Å². The molecule has 1 aromatic carbocycles. The summed E-state index contributed by atoms with van der Waals surface area (Å²) in [4.78, 5) is 29.3. The van der Waals surface area contributed by atoms with Gasteiger partial charge in [0.2, 0.25) is 5.91 Å². The Morgan fingerprint density at radius 2 is 2.26 bits per heavy atom. The molecule has 2 heterocycles. The fourth-order valence-electron chi connectivity index (χ4n) is 3.07. The van der Waals surface area contributed by atoms with Crippen LogP contribution in [0.5, 0.6) is 0 Å². The molecular formula is C18H22ClN5O3. The summed E-state index contributed by atoms with van der Waals surface area (Å²) in [6.45, 7) is 4.31. The molecule has 9 heteroatoms. The topological polar surface area (TPSA) is 100 Å². The van der Waals surface area contributed by atoms with Crippen molar-refractivity contribution in [3.63, 3.8) is 0 Å². The summed E-state index contributed by atoms with van der Waals surface area (Å²) in [5.41, 5.74) is 2.27. The van der Waals surface area contributed by atoms with Crippen LogP contribution < -0.4 is 10.6 Å². The summed E-state index contributed by atoms with van der Waals surface area (Å²) in [6, 6.07) is 8.41. The molecule has 2 aromatic rings. The van der Waals surface area contributed by atoms with Gasteiger partial charge in [-0.05, 0) is 24.1 Å². The number of piperazine rings is 1. The molecule has 1 atom stereocenters. The lowest BCUT2D eigenvalue weighted by atomic mass is 10.1. The van der Waals surface area contributed by atoms with Crippen LogP contribution in [0.3, 0.4) is 0 Å². The van der Waals surface area contributed by atoms with Crippen molar-refractivity contribution in [2.45, 2.75) is 13.0 Å². The normalized spacial score (nSPS) is 17.0. The predicted molar refractivity (Wildman–Crippen MR) is 105 cm³/mol. The summed E-state index contributed by atoms with van der Waals surface area (Å²) in [5, 5.41) is 17.1. The van der Waals surface area contributed by atoms with Crippen molar-refractivity contribution in [3.05, 3.63) is 64.0 Å². The second kappa shape index (κ2) is 9.40. The number of rotatable bonds is 5. The highest BCUT2D eigenvalue weighted by atomic mass is 35.5. The van der Waals surface area contributed by atoms with E-state index in [9.17, 15) is 14.9 Å². The van der Waals surface area contributed by atoms with E-state index in [1.165, 1.54) is 12.1 Å². The van der Waals surface area contributed by atoms with E-state index >= 15 is 0 Å². The lowest BCUT2D eigenvalue weighted by Gasteiger charge is -2.35. The number of halogens is 1. The minimum atomic E-state index is -0.468. The highest BCUT2D eigenvalue weighted by molar-refractivity contribution is 5.93. The van der Waals surface area contributed by atoms with Gasteiger partial charge in [-0.1, -0.05) is 12.1 Å². The van der Waals surface area contributed by atoms with Crippen LogP contribution in [0.25, 0.3) is 0 Å². The van der Waals surface area contributed by atoms with Crippen LogP contribution in [0.4, 0.5) is 11.4 Å². The maximum absolute atomic E-state index is 12.5. The van der Waals surface area contributed by atoms with Crippen LogP contribution in [-0.4, -0.2) is 46.9 Å². The number of nitro groups is 1. The summed E-state index contributed by atoms with van der Waals surface area (Å²) in [7, 11) is 0. The maximum atomic E-state index is 12.5. The highest BCUT2D eigenvalue weighted by Crippen LogP contribution is 2.23. The molecule has 3 rings (SSSR count). The van der Waals surface area contributed by atoms with E-state index in [0.29, 0.717) is 5.69 Å². The molecule has 1 saturated heterocycles. The molecule has 0 bridgehead atoms. The van der Waals surface area contributed by atoms with Gasteiger partial charge in [0.1, 0.15) is 0 Å². The average Bonchev–Trinajstić information content (AvgIpc) is 2.64. The third kappa shape index (κ3) is 5.22. The lowest BCUT2D eigenvalue weighted by molar-refractivity contribution is -0.384.